The summed E-state index contributed by atoms with van der Waals surface area (Å²) in [6.07, 6.45) is 5.18. The molecule has 1 amide bonds. The Bertz CT molecular complexity index is 1470. The molecule has 3 aromatic carbocycles. The molecule has 5 aromatic rings. The summed E-state index contributed by atoms with van der Waals surface area (Å²) in [6, 6.07) is 18.0. The maximum atomic E-state index is 12.6. The van der Waals surface area contributed by atoms with E-state index in [4.69, 9.17) is 0 Å². The second kappa shape index (κ2) is 7.93. The fraction of sp³-hybridized carbons (Fsp3) is 0. The molecule has 33 heavy (non-hydrogen) atoms. The lowest BCUT2D eigenvalue weighted by molar-refractivity contribution is -0.384. The Morgan fingerprint density at radius 3 is 2.45 bits per heavy atom. The van der Waals surface area contributed by atoms with Crippen molar-refractivity contribution < 1.29 is 14.9 Å². The average Bonchev–Trinajstić information content (AvgIpc) is 3.48. The van der Waals surface area contributed by atoms with Gasteiger partial charge in [-0.3, -0.25) is 14.9 Å². The first-order valence-electron chi connectivity index (χ1n) is 9.86. The molecule has 2 heterocycles. The van der Waals surface area contributed by atoms with Crippen molar-refractivity contribution in [1.29, 1.82) is 0 Å². The molecular weight excluding hydrogens is 424 g/mol. The summed E-state index contributed by atoms with van der Waals surface area (Å²) in [5.41, 5.74) is 3.07. The van der Waals surface area contributed by atoms with Crippen LogP contribution >= 0.6 is 0 Å². The molecule has 0 aliphatic carbocycles. The highest BCUT2D eigenvalue weighted by Crippen LogP contribution is 2.27. The topological polar surface area (TPSA) is 128 Å². The second-order valence-corrected chi connectivity index (χ2v) is 7.23. The molecule has 10 heteroatoms. The molecule has 0 radical (unpaired) electrons. The fourth-order valence-electron chi connectivity index (χ4n) is 3.45. The number of rotatable bonds is 5. The van der Waals surface area contributed by atoms with E-state index in [2.05, 4.69) is 15.3 Å². The Labute approximate surface area is 186 Å². The third-order valence-electron chi connectivity index (χ3n) is 5.16. The van der Waals surface area contributed by atoms with E-state index in [0.717, 1.165) is 10.4 Å². The highest BCUT2D eigenvalue weighted by molar-refractivity contribution is 6.04. The summed E-state index contributed by atoms with van der Waals surface area (Å²) in [6.45, 7) is 0. The van der Waals surface area contributed by atoms with Gasteiger partial charge >= 0.3 is 0 Å². The standard InChI is InChI=1S/C23H16N6O4/c30-23(16-3-7-18(8-4-16)27-12-11-24-14-27)25-17-5-1-15(2-6-17)22-26-20-10-9-19(29(32)33)13-21(20)28(22)31/h1-14,31H,(H,25,30). The molecule has 0 atom stereocenters. The number of nitrogens with one attached hydrogen (secondary N) is 1. The number of anilines is 1. The van der Waals surface area contributed by atoms with Crippen molar-refractivity contribution in [2.75, 3.05) is 5.32 Å². The molecule has 0 aliphatic rings. The van der Waals surface area contributed by atoms with Crippen LogP contribution in [0.3, 0.4) is 0 Å². The van der Waals surface area contributed by atoms with Gasteiger partial charge in [-0.25, -0.2) is 9.97 Å². The van der Waals surface area contributed by atoms with Crippen LogP contribution in [0.5, 0.6) is 0 Å². The fourth-order valence-corrected chi connectivity index (χ4v) is 3.45. The van der Waals surface area contributed by atoms with E-state index < -0.39 is 4.92 Å². The molecule has 10 nitrogen and oxygen atoms in total. The molecule has 0 saturated heterocycles. The highest BCUT2D eigenvalue weighted by Gasteiger charge is 2.16. The molecule has 0 unspecified atom stereocenters. The summed E-state index contributed by atoms with van der Waals surface area (Å²) in [5.74, 6) is -0.0277. The van der Waals surface area contributed by atoms with Gasteiger partial charge in [0.25, 0.3) is 11.6 Å². The quantitative estimate of drug-likeness (QED) is 0.238. The molecule has 162 valence electrons. The molecule has 0 bridgehead atoms. The maximum Gasteiger partial charge on any atom is 0.271 e. The van der Waals surface area contributed by atoms with Crippen molar-refractivity contribution >= 4 is 28.3 Å². The van der Waals surface area contributed by atoms with Crippen LogP contribution in [0.4, 0.5) is 11.4 Å². The number of nitro groups is 1. The zero-order valence-electron chi connectivity index (χ0n) is 17.0. The van der Waals surface area contributed by atoms with Gasteiger partial charge in [-0.1, -0.05) is 0 Å². The Balaban J connectivity index is 1.34. The largest absolute Gasteiger partial charge is 0.426 e. The van der Waals surface area contributed by atoms with Crippen LogP contribution in [-0.4, -0.2) is 35.3 Å². The predicted molar refractivity (Wildman–Crippen MR) is 121 cm³/mol. The lowest BCUT2D eigenvalue weighted by atomic mass is 10.1. The Hall–Kier alpha value is -4.99. The van der Waals surface area contributed by atoms with Gasteiger partial charge in [0, 0.05) is 47.0 Å². The van der Waals surface area contributed by atoms with Gasteiger partial charge in [-0.05, 0) is 54.6 Å². The van der Waals surface area contributed by atoms with E-state index in [1.807, 2.05) is 22.9 Å². The van der Waals surface area contributed by atoms with Crippen LogP contribution in [0.25, 0.3) is 28.1 Å². The van der Waals surface area contributed by atoms with Crippen molar-refractivity contribution in [1.82, 2.24) is 19.3 Å². The number of nitro benzene ring substituents is 1. The summed E-state index contributed by atoms with van der Waals surface area (Å²) in [4.78, 5) is 31.4. The molecule has 0 spiro atoms. The van der Waals surface area contributed by atoms with Crippen LogP contribution in [-0.2, 0) is 0 Å². The number of carbonyl (C=O) groups is 1. The molecule has 0 fully saturated rings. The third kappa shape index (κ3) is 3.76. The number of non-ortho nitro benzene ring substituents is 1. The van der Waals surface area contributed by atoms with Gasteiger partial charge in [0.15, 0.2) is 5.82 Å². The lowest BCUT2D eigenvalue weighted by Gasteiger charge is -2.08. The van der Waals surface area contributed by atoms with Crippen LogP contribution in [0.2, 0.25) is 0 Å². The van der Waals surface area contributed by atoms with Crippen molar-refractivity contribution in [3.8, 4) is 17.1 Å². The van der Waals surface area contributed by atoms with Gasteiger partial charge in [-0.2, -0.15) is 4.73 Å². The average molecular weight is 440 g/mol. The minimum atomic E-state index is -0.533. The number of imidazole rings is 2. The first-order chi connectivity index (χ1) is 16.0. The zero-order chi connectivity index (χ0) is 22.9. The first-order valence-corrected chi connectivity index (χ1v) is 9.86. The number of amides is 1. The number of fused-ring (bicyclic) bond motifs is 1. The van der Waals surface area contributed by atoms with E-state index in [1.54, 1.807) is 48.9 Å². The summed E-state index contributed by atoms with van der Waals surface area (Å²) in [5, 5.41) is 24.3. The van der Waals surface area contributed by atoms with Crippen LogP contribution in [0.15, 0.2) is 85.5 Å². The summed E-state index contributed by atoms with van der Waals surface area (Å²) in [7, 11) is 0. The van der Waals surface area contributed by atoms with Gasteiger partial charge in [0.2, 0.25) is 0 Å². The molecule has 2 aromatic heterocycles. The van der Waals surface area contributed by atoms with Crippen molar-refractivity contribution in [3.63, 3.8) is 0 Å². The van der Waals surface area contributed by atoms with Crippen molar-refractivity contribution in [3.05, 3.63) is 101 Å². The first kappa shape index (κ1) is 19.9. The molecule has 0 aliphatic heterocycles. The van der Waals surface area contributed by atoms with Gasteiger partial charge in [0.1, 0.15) is 5.52 Å². The molecule has 0 saturated carbocycles. The number of nitrogens with zero attached hydrogens (tertiary/aromatic N) is 5. The Kier molecular flexibility index (Phi) is 4.79. The third-order valence-corrected chi connectivity index (χ3v) is 5.16. The van der Waals surface area contributed by atoms with Crippen molar-refractivity contribution in [2.45, 2.75) is 0 Å². The van der Waals surface area contributed by atoms with Gasteiger partial charge < -0.3 is 15.1 Å². The van der Waals surface area contributed by atoms with E-state index in [9.17, 15) is 20.1 Å². The molecule has 5 rings (SSSR count). The van der Waals surface area contributed by atoms with Crippen molar-refractivity contribution in [2.24, 2.45) is 0 Å². The molecule has 2 N–H and O–H groups in total. The van der Waals surface area contributed by atoms with Gasteiger partial charge in [-0.15, -0.1) is 0 Å². The summed E-state index contributed by atoms with van der Waals surface area (Å²) < 4.78 is 2.66. The highest BCUT2D eigenvalue weighted by atomic mass is 16.6. The summed E-state index contributed by atoms with van der Waals surface area (Å²) >= 11 is 0. The SMILES string of the molecule is O=C(Nc1ccc(-c2nc3ccc([N+](=O)[O-])cc3n2O)cc1)c1ccc(-n2ccnc2)cc1. The van der Waals surface area contributed by atoms with E-state index in [0.29, 0.717) is 22.3 Å². The van der Waals surface area contributed by atoms with Gasteiger partial charge in [0.05, 0.1) is 16.8 Å². The van der Waals surface area contributed by atoms with Crippen LogP contribution < -0.4 is 5.32 Å². The smallest absolute Gasteiger partial charge is 0.271 e. The number of hydrogen-bond donors (Lipinski definition) is 2. The van der Waals surface area contributed by atoms with E-state index in [1.165, 1.54) is 18.2 Å². The second-order valence-electron chi connectivity index (χ2n) is 7.23. The monoisotopic (exact) mass is 440 g/mol. The Morgan fingerprint density at radius 2 is 1.79 bits per heavy atom. The zero-order valence-corrected chi connectivity index (χ0v) is 17.0. The predicted octanol–water partition coefficient (Wildman–Crippen LogP) is 4.29. The number of hydrogen-bond acceptors (Lipinski definition) is 6. The Morgan fingerprint density at radius 1 is 1.03 bits per heavy atom. The maximum absolute atomic E-state index is 12.6. The van der Waals surface area contributed by atoms with E-state index >= 15 is 0 Å². The number of benzene rings is 3. The minimum absolute atomic E-state index is 0.139. The minimum Gasteiger partial charge on any atom is -0.426 e. The number of aromatic nitrogens is 4. The molecular formula is C23H16N6O4. The normalized spacial score (nSPS) is 10.9. The van der Waals surface area contributed by atoms with Crippen LogP contribution in [0, 0.1) is 10.1 Å². The van der Waals surface area contributed by atoms with Crippen LogP contribution in [0.1, 0.15) is 10.4 Å². The number of carbonyl (C=O) groups excluding carboxylic acids is 1. The van der Waals surface area contributed by atoms with E-state index in [-0.39, 0.29) is 22.9 Å². The lowest BCUT2D eigenvalue weighted by Crippen LogP contribution is -2.11.